The number of hydrogen-bond acceptors (Lipinski definition) is 4. The van der Waals surface area contributed by atoms with Crippen LogP contribution in [-0.2, 0) is 16.6 Å². The number of rotatable bonds is 7. The van der Waals surface area contributed by atoms with Gasteiger partial charge in [-0.25, -0.2) is 13.1 Å². The Morgan fingerprint density at radius 1 is 1.33 bits per heavy atom. The SMILES string of the molecule is CC(C)C(CN(C)C)NS(=O)(=O)c1cc(CO)ccc1Cl. The highest BCUT2D eigenvalue weighted by atomic mass is 35.5. The Morgan fingerprint density at radius 3 is 2.43 bits per heavy atom. The topological polar surface area (TPSA) is 69.6 Å². The van der Waals surface area contributed by atoms with Crippen LogP contribution in [0.3, 0.4) is 0 Å². The molecule has 0 saturated carbocycles. The Kier molecular flexibility index (Phi) is 6.62. The van der Waals surface area contributed by atoms with Crippen LogP contribution >= 0.6 is 11.6 Å². The minimum atomic E-state index is -3.73. The number of hydrogen-bond donors (Lipinski definition) is 2. The Hall–Kier alpha value is -0.660. The summed E-state index contributed by atoms with van der Waals surface area (Å²) in [6.45, 7) is 4.28. The van der Waals surface area contributed by atoms with Crippen molar-refractivity contribution in [2.45, 2.75) is 31.4 Å². The summed E-state index contributed by atoms with van der Waals surface area (Å²) in [5, 5.41) is 9.29. The van der Waals surface area contributed by atoms with Crippen molar-refractivity contribution in [3.8, 4) is 0 Å². The molecule has 1 aromatic carbocycles. The molecule has 0 radical (unpaired) electrons. The summed E-state index contributed by atoms with van der Waals surface area (Å²) in [6.07, 6.45) is 0. The molecule has 7 heteroatoms. The summed E-state index contributed by atoms with van der Waals surface area (Å²) in [4.78, 5) is 1.93. The third-order valence-electron chi connectivity index (χ3n) is 3.14. The number of halogens is 1. The van der Waals surface area contributed by atoms with Gasteiger partial charge < -0.3 is 10.0 Å². The first-order valence-electron chi connectivity index (χ1n) is 6.73. The summed E-state index contributed by atoms with van der Waals surface area (Å²) < 4.78 is 27.7. The van der Waals surface area contributed by atoms with Crippen molar-refractivity contribution in [3.63, 3.8) is 0 Å². The molecular formula is C14H23ClN2O3S. The second-order valence-electron chi connectivity index (χ2n) is 5.66. The first-order valence-corrected chi connectivity index (χ1v) is 8.60. The molecule has 1 unspecified atom stereocenters. The number of sulfonamides is 1. The highest BCUT2D eigenvalue weighted by molar-refractivity contribution is 7.89. The van der Waals surface area contributed by atoms with E-state index in [0.717, 1.165) is 0 Å². The molecule has 0 saturated heterocycles. The van der Waals surface area contributed by atoms with Crippen molar-refractivity contribution >= 4 is 21.6 Å². The zero-order valence-electron chi connectivity index (χ0n) is 12.8. The standard InChI is InChI=1S/C14H23ClN2O3S/c1-10(2)13(8-17(3)4)16-21(19,20)14-7-11(9-18)5-6-12(14)15/h5-7,10,13,16,18H,8-9H2,1-4H3. The lowest BCUT2D eigenvalue weighted by Gasteiger charge is -2.25. The number of nitrogens with one attached hydrogen (secondary N) is 1. The van der Waals surface area contributed by atoms with Crippen LogP contribution in [0.1, 0.15) is 19.4 Å². The monoisotopic (exact) mass is 334 g/mol. The molecule has 1 atom stereocenters. The van der Waals surface area contributed by atoms with E-state index < -0.39 is 10.0 Å². The van der Waals surface area contributed by atoms with Gasteiger partial charge in [0.2, 0.25) is 10.0 Å². The molecule has 0 aliphatic carbocycles. The summed E-state index contributed by atoms with van der Waals surface area (Å²) in [5.74, 6) is 0.141. The number of likely N-dealkylation sites (N-methyl/N-ethyl adjacent to an activating group) is 1. The third-order valence-corrected chi connectivity index (χ3v) is 5.11. The molecule has 0 bridgehead atoms. The van der Waals surface area contributed by atoms with Crippen molar-refractivity contribution in [1.82, 2.24) is 9.62 Å². The highest BCUT2D eigenvalue weighted by Crippen LogP contribution is 2.23. The van der Waals surface area contributed by atoms with Gasteiger partial charge in [0, 0.05) is 12.6 Å². The fourth-order valence-electron chi connectivity index (χ4n) is 1.89. The smallest absolute Gasteiger partial charge is 0.242 e. The minimum Gasteiger partial charge on any atom is -0.392 e. The predicted molar refractivity (Wildman–Crippen MR) is 84.9 cm³/mol. The molecule has 0 aromatic heterocycles. The molecule has 0 amide bonds. The number of aliphatic hydroxyl groups excluding tert-OH is 1. The average molecular weight is 335 g/mol. The summed E-state index contributed by atoms with van der Waals surface area (Å²) in [6, 6.07) is 4.26. The van der Waals surface area contributed by atoms with Gasteiger partial charge in [-0.05, 0) is 37.7 Å². The first kappa shape index (κ1) is 18.4. The van der Waals surface area contributed by atoms with Crippen LogP contribution in [0.25, 0.3) is 0 Å². The molecule has 1 rings (SSSR count). The summed E-state index contributed by atoms with van der Waals surface area (Å²) in [7, 11) is 0.0507. The van der Waals surface area contributed by atoms with Crippen molar-refractivity contribution < 1.29 is 13.5 Å². The number of aliphatic hydroxyl groups is 1. The van der Waals surface area contributed by atoms with Gasteiger partial charge in [-0.1, -0.05) is 31.5 Å². The van der Waals surface area contributed by atoms with Gasteiger partial charge >= 0.3 is 0 Å². The van der Waals surface area contributed by atoms with Crippen molar-refractivity contribution in [1.29, 1.82) is 0 Å². The van der Waals surface area contributed by atoms with Gasteiger partial charge in [0.15, 0.2) is 0 Å². The molecule has 0 spiro atoms. The van der Waals surface area contributed by atoms with Gasteiger partial charge in [0.25, 0.3) is 0 Å². The largest absolute Gasteiger partial charge is 0.392 e. The van der Waals surface area contributed by atoms with Crippen LogP contribution in [0.2, 0.25) is 5.02 Å². The second kappa shape index (κ2) is 7.56. The van der Waals surface area contributed by atoms with Crippen LogP contribution < -0.4 is 4.72 Å². The van der Waals surface area contributed by atoms with Gasteiger partial charge in [-0.3, -0.25) is 0 Å². The van der Waals surface area contributed by atoms with E-state index in [0.29, 0.717) is 12.1 Å². The predicted octanol–water partition coefficient (Wildman–Crippen LogP) is 1.70. The first-order chi connectivity index (χ1) is 9.67. The maximum atomic E-state index is 12.5. The van der Waals surface area contributed by atoms with Crippen LogP contribution in [0.5, 0.6) is 0 Å². The lowest BCUT2D eigenvalue weighted by molar-refractivity contribution is 0.281. The van der Waals surface area contributed by atoms with E-state index >= 15 is 0 Å². The molecule has 0 heterocycles. The Bertz CT molecular complexity index is 574. The molecule has 1 aromatic rings. The van der Waals surface area contributed by atoms with Crippen LogP contribution in [0.4, 0.5) is 0 Å². The van der Waals surface area contributed by atoms with E-state index in [1.807, 2.05) is 32.8 Å². The van der Waals surface area contributed by atoms with Crippen LogP contribution in [-0.4, -0.2) is 45.1 Å². The van der Waals surface area contributed by atoms with E-state index in [4.69, 9.17) is 16.7 Å². The molecular weight excluding hydrogens is 312 g/mol. The van der Waals surface area contributed by atoms with E-state index in [-0.39, 0.29) is 28.5 Å². The highest BCUT2D eigenvalue weighted by Gasteiger charge is 2.25. The molecule has 5 nitrogen and oxygen atoms in total. The lowest BCUT2D eigenvalue weighted by atomic mass is 10.1. The number of nitrogens with zero attached hydrogens (tertiary/aromatic N) is 1. The number of benzene rings is 1. The van der Waals surface area contributed by atoms with Gasteiger partial charge in [-0.2, -0.15) is 0 Å². The van der Waals surface area contributed by atoms with Crippen molar-refractivity contribution in [2.75, 3.05) is 20.6 Å². The summed E-state index contributed by atoms with van der Waals surface area (Å²) in [5.41, 5.74) is 0.508. The molecule has 0 fully saturated rings. The minimum absolute atomic E-state index is 0.000114. The van der Waals surface area contributed by atoms with E-state index in [1.165, 1.54) is 12.1 Å². The maximum absolute atomic E-state index is 12.5. The second-order valence-corrected chi connectivity index (χ2v) is 7.75. The zero-order valence-corrected chi connectivity index (χ0v) is 14.4. The van der Waals surface area contributed by atoms with Crippen molar-refractivity contribution in [2.24, 2.45) is 5.92 Å². The normalized spacial score (nSPS) is 13.9. The van der Waals surface area contributed by atoms with E-state index in [1.54, 1.807) is 6.07 Å². The fraction of sp³-hybridized carbons (Fsp3) is 0.571. The zero-order chi connectivity index (χ0) is 16.2. The molecule has 0 aliphatic heterocycles. The molecule has 2 N–H and O–H groups in total. The Labute approximate surface area is 132 Å². The Morgan fingerprint density at radius 2 is 1.95 bits per heavy atom. The average Bonchev–Trinajstić information content (AvgIpc) is 2.37. The quantitative estimate of drug-likeness (QED) is 0.796. The molecule has 0 aliphatic rings. The Balaban J connectivity index is 3.10. The lowest BCUT2D eigenvalue weighted by Crippen LogP contribution is -2.44. The van der Waals surface area contributed by atoms with Crippen LogP contribution in [0, 0.1) is 5.92 Å². The van der Waals surface area contributed by atoms with Gasteiger partial charge in [0.1, 0.15) is 4.90 Å². The molecule has 21 heavy (non-hydrogen) atoms. The third kappa shape index (κ3) is 5.23. The van der Waals surface area contributed by atoms with E-state index in [9.17, 15) is 8.42 Å². The molecule has 120 valence electrons. The van der Waals surface area contributed by atoms with Gasteiger partial charge in [-0.15, -0.1) is 0 Å². The fourth-order valence-corrected chi connectivity index (χ4v) is 3.82. The van der Waals surface area contributed by atoms with Crippen LogP contribution in [0.15, 0.2) is 23.1 Å². The van der Waals surface area contributed by atoms with Crippen molar-refractivity contribution in [3.05, 3.63) is 28.8 Å². The maximum Gasteiger partial charge on any atom is 0.242 e. The van der Waals surface area contributed by atoms with E-state index in [2.05, 4.69) is 4.72 Å². The summed E-state index contributed by atoms with van der Waals surface area (Å²) >= 11 is 6.00. The van der Waals surface area contributed by atoms with Gasteiger partial charge in [0.05, 0.1) is 11.6 Å².